The summed E-state index contributed by atoms with van der Waals surface area (Å²) in [5.74, 6) is 1.24. The number of nitrogens with two attached hydrogens (primary N) is 1. The Labute approximate surface area is 93.7 Å². The second-order valence-electron chi connectivity index (χ2n) is 4.30. The van der Waals surface area contributed by atoms with Gasteiger partial charge < -0.3 is 11.1 Å². The lowest BCUT2D eigenvalue weighted by molar-refractivity contribution is 0.456. The summed E-state index contributed by atoms with van der Waals surface area (Å²) in [4.78, 5) is 8.74. The van der Waals surface area contributed by atoms with Gasteiger partial charge >= 0.3 is 0 Å². The molecule has 0 saturated carbocycles. The van der Waals surface area contributed by atoms with Gasteiger partial charge in [0.15, 0.2) is 0 Å². The first-order valence-electron chi connectivity index (χ1n) is 5.64. The van der Waals surface area contributed by atoms with Crippen LogP contribution in [0, 0.1) is 0 Å². The summed E-state index contributed by atoms with van der Waals surface area (Å²) in [5.41, 5.74) is 7.47. The van der Waals surface area contributed by atoms with Crippen LogP contribution in [0.2, 0.25) is 0 Å². The van der Waals surface area contributed by atoms with Crippen LogP contribution in [0.3, 0.4) is 0 Å². The van der Waals surface area contributed by atoms with E-state index in [0.29, 0.717) is 11.6 Å². The molecule has 3 N–H and O–H groups in total. The highest BCUT2D eigenvalue weighted by atomic mass is 15.1. The number of imidazole rings is 1. The van der Waals surface area contributed by atoms with E-state index in [1.807, 2.05) is 16.8 Å². The number of nitrogens with one attached hydrogen (secondary N) is 1. The Balaban J connectivity index is 1.97. The molecule has 0 aliphatic carbocycles. The molecule has 16 heavy (non-hydrogen) atoms. The second kappa shape index (κ2) is 3.75. The van der Waals surface area contributed by atoms with Gasteiger partial charge in [-0.05, 0) is 19.4 Å². The van der Waals surface area contributed by atoms with E-state index >= 15 is 0 Å². The highest BCUT2D eigenvalue weighted by molar-refractivity contribution is 5.40. The lowest BCUT2D eigenvalue weighted by Crippen LogP contribution is -2.28. The van der Waals surface area contributed by atoms with Gasteiger partial charge in [0.05, 0.1) is 17.6 Å². The van der Waals surface area contributed by atoms with E-state index < -0.39 is 0 Å². The van der Waals surface area contributed by atoms with E-state index in [-0.39, 0.29) is 0 Å². The average Bonchev–Trinajstić information content (AvgIpc) is 2.73. The van der Waals surface area contributed by atoms with Crippen LogP contribution in [0.4, 0.5) is 5.69 Å². The van der Waals surface area contributed by atoms with Gasteiger partial charge in [-0.3, -0.25) is 4.40 Å². The fraction of sp³-hybridized carbons (Fsp3) is 0.455. The number of hydrogen-bond acceptors (Lipinski definition) is 4. The summed E-state index contributed by atoms with van der Waals surface area (Å²) in [6, 6.07) is 0. The van der Waals surface area contributed by atoms with Crippen LogP contribution in [0.25, 0.3) is 5.78 Å². The number of nitrogen functional groups attached to an aromatic ring is 1. The van der Waals surface area contributed by atoms with Crippen LogP contribution in [-0.2, 0) is 0 Å². The molecule has 1 aliphatic rings. The minimum Gasteiger partial charge on any atom is -0.396 e. The van der Waals surface area contributed by atoms with Gasteiger partial charge in [-0.1, -0.05) is 0 Å². The maximum Gasteiger partial charge on any atom is 0.234 e. The predicted molar refractivity (Wildman–Crippen MR) is 62.2 cm³/mol. The fourth-order valence-electron chi connectivity index (χ4n) is 2.22. The zero-order chi connectivity index (χ0) is 11.0. The number of rotatable bonds is 1. The van der Waals surface area contributed by atoms with Gasteiger partial charge in [0, 0.05) is 24.9 Å². The van der Waals surface area contributed by atoms with Crippen molar-refractivity contribution in [1.29, 1.82) is 0 Å². The molecule has 2 aromatic heterocycles. The summed E-state index contributed by atoms with van der Waals surface area (Å²) < 4.78 is 1.90. The Bertz CT molecular complexity index is 498. The van der Waals surface area contributed by atoms with Crippen molar-refractivity contribution < 1.29 is 0 Å². The second-order valence-corrected chi connectivity index (χ2v) is 4.30. The third-order valence-corrected chi connectivity index (χ3v) is 3.06. The van der Waals surface area contributed by atoms with Crippen molar-refractivity contribution in [2.45, 2.75) is 18.8 Å². The van der Waals surface area contributed by atoms with Crippen molar-refractivity contribution in [3.63, 3.8) is 0 Å². The van der Waals surface area contributed by atoms with E-state index in [2.05, 4.69) is 15.3 Å². The molecule has 0 aromatic carbocycles. The summed E-state index contributed by atoms with van der Waals surface area (Å²) >= 11 is 0. The summed E-state index contributed by atoms with van der Waals surface area (Å²) in [7, 11) is 0. The largest absolute Gasteiger partial charge is 0.396 e. The van der Waals surface area contributed by atoms with Crippen LogP contribution < -0.4 is 11.1 Å². The maximum atomic E-state index is 5.69. The van der Waals surface area contributed by atoms with E-state index in [1.54, 1.807) is 6.20 Å². The molecule has 1 unspecified atom stereocenters. The van der Waals surface area contributed by atoms with Gasteiger partial charge in [-0.25, -0.2) is 9.97 Å². The van der Waals surface area contributed by atoms with Crippen LogP contribution >= 0.6 is 0 Å². The molecule has 0 spiro atoms. The van der Waals surface area contributed by atoms with E-state index in [1.165, 1.54) is 12.8 Å². The first-order chi connectivity index (χ1) is 7.83. The van der Waals surface area contributed by atoms with Crippen molar-refractivity contribution in [2.75, 3.05) is 18.8 Å². The topological polar surface area (TPSA) is 68.2 Å². The first-order valence-corrected chi connectivity index (χ1v) is 5.64. The van der Waals surface area contributed by atoms with Crippen LogP contribution in [0.1, 0.15) is 24.5 Å². The normalized spacial score (nSPS) is 21.4. The molecule has 84 valence electrons. The lowest BCUT2D eigenvalue weighted by Gasteiger charge is -2.20. The molecular weight excluding hydrogens is 202 g/mol. The Morgan fingerprint density at radius 3 is 3.19 bits per heavy atom. The van der Waals surface area contributed by atoms with E-state index in [4.69, 9.17) is 5.73 Å². The summed E-state index contributed by atoms with van der Waals surface area (Å²) in [6.07, 6.45) is 7.96. The van der Waals surface area contributed by atoms with Gasteiger partial charge in [0.2, 0.25) is 5.78 Å². The smallest absolute Gasteiger partial charge is 0.234 e. The molecule has 2 aromatic rings. The zero-order valence-corrected chi connectivity index (χ0v) is 9.06. The predicted octanol–water partition coefficient (Wildman–Crippen LogP) is 0.778. The molecule has 1 saturated heterocycles. The maximum absolute atomic E-state index is 5.69. The number of piperidine rings is 1. The molecule has 3 rings (SSSR count). The third-order valence-electron chi connectivity index (χ3n) is 3.06. The number of anilines is 1. The van der Waals surface area contributed by atoms with Crippen LogP contribution in [0.15, 0.2) is 18.6 Å². The van der Waals surface area contributed by atoms with Gasteiger partial charge in [-0.15, -0.1) is 0 Å². The zero-order valence-electron chi connectivity index (χ0n) is 9.06. The minimum absolute atomic E-state index is 0.511. The molecular formula is C11H15N5. The van der Waals surface area contributed by atoms with Gasteiger partial charge in [0.1, 0.15) is 0 Å². The molecule has 1 fully saturated rings. The standard InChI is InChI=1S/C11H15N5/c12-9-5-14-11-15-10(7-16(11)6-9)8-2-1-3-13-4-8/h5-8,13H,1-4,12H2. The van der Waals surface area contributed by atoms with E-state index in [9.17, 15) is 0 Å². The number of fused-ring (bicyclic) bond motifs is 1. The van der Waals surface area contributed by atoms with Crippen LogP contribution in [0.5, 0.6) is 0 Å². The Morgan fingerprint density at radius 2 is 2.38 bits per heavy atom. The quantitative estimate of drug-likeness (QED) is 0.740. The molecule has 0 bridgehead atoms. The molecule has 5 nitrogen and oxygen atoms in total. The average molecular weight is 217 g/mol. The molecule has 0 amide bonds. The van der Waals surface area contributed by atoms with Crippen molar-refractivity contribution in [2.24, 2.45) is 0 Å². The van der Waals surface area contributed by atoms with Gasteiger partial charge in [0.25, 0.3) is 0 Å². The van der Waals surface area contributed by atoms with Crippen molar-refractivity contribution in [3.8, 4) is 0 Å². The Kier molecular flexibility index (Phi) is 2.25. The Morgan fingerprint density at radius 1 is 1.44 bits per heavy atom. The highest BCUT2D eigenvalue weighted by Crippen LogP contribution is 2.22. The van der Waals surface area contributed by atoms with Crippen molar-refractivity contribution in [1.82, 2.24) is 19.7 Å². The van der Waals surface area contributed by atoms with Crippen molar-refractivity contribution in [3.05, 3.63) is 24.3 Å². The monoisotopic (exact) mass is 217 g/mol. The first kappa shape index (κ1) is 9.59. The van der Waals surface area contributed by atoms with Crippen molar-refractivity contribution >= 4 is 11.5 Å². The molecule has 3 heterocycles. The summed E-state index contributed by atoms with van der Waals surface area (Å²) in [6.45, 7) is 2.13. The third kappa shape index (κ3) is 1.63. The molecule has 5 heteroatoms. The van der Waals surface area contributed by atoms with Crippen LogP contribution in [-0.4, -0.2) is 27.5 Å². The highest BCUT2D eigenvalue weighted by Gasteiger charge is 2.18. The SMILES string of the molecule is Nc1cnc2nc(C3CCCNC3)cn2c1. The molecule has 1 atom stereocenters. The summed E-state index contributed by atoms with van der Waals surface area (Å²) in [5, 5.41) is 3.39. The lowest BCUT2D eigenvalue weighted by atomic mass is 9.97. The number of nitrogens with zero attached hydrogens (tertiary/aromatic N) is 3. The molecule has 0 radical (unpaired) electrons. The fourth-order valence-corrected chi connectivity index (χ4v) is 2.22. The number of aromatic nitrogens is 3. The minimum atomic E-state index is 0.511. The van der Waals surface area contributed by atoms with E-state index in [0.717, 1.165) is 24.6 Å². The molecule has 1 aliphatic heterocycles. The number of hydrogen-bond donors (Lipinski definition) is 2. The van der Waals surface area contributed by atoms with Gasteiger partial charge in [-0.2, -0.15) is 0 Å². The Hall–Kier alpha value is -1.62.